The van der Waals surface area contributed by atoms with Gasteiger partial charge in [0.1, 0.15) is 6.10 Å². The molecule has 1 aromatic rings. The van der Waals surface area contributed by atoms with Gasteiger partial charge in [0.15, 0.2) is 0 Å². The number of aryl methyl sites for hydroxylation is 1. The second kappa shape index (κ2) is 5.87. The third kappa shape index (κ3) is 2.82. The second-order valence-corrected chi connectivity index (χ2v) is 5.71. The van der Waals surface area contributed by atoms with E-state index in [4.69, 9.17) is 4.74 Å². The van der Waals surface area contributed by atoms with Gasteiger partial charge < -0.3 is 9.64 Å². The highest BCUT2D eigenvalue weighted by molar-refractivity contribution is 5.79. The molecule has 1 aromatic heterocycles. The zero-order valence-corrected chi connectivity index (χ0v) is 11.9. The fourth-order valence-corrected chi connectivity index (χ4v) is 3.03. The Labute approximate surface area is 119 Å². The fourth-order valence-electron chi connectivity index (χ4n) is 3.03. The maximum absolute atomic E-state index is 12.5. The van der Waals surface area contributed by atoms with Gasteiger partial charge in [0.25, 0.3) is 0 Å². The van der Waals surface area contributed by atoms with Crippen molar-refractivity contribution in [3.8, 4) is 0 Å². The van der Waals surface area contributed by atoms with E-state index in [1.54, 1.807) is 12.4 Å². The highest BCUT2D eigenvalue weighted by Crippen LogP contribution is 2.28. The molecule has 1 aliphatic heterocycles. The van der Waals surface area contributed by atoms with Crippen molar-refractivity contribution in [3.05, 3.63) is 23.8 Å². The summed E-state index contributed by atoms with van der Waals surface area (Å²) in [5, 5.41) is 0. The molecule has 2 fully saturated rings. The quantitative estimate of drug-likeness (QED) is 0.827. The third-order valence-corrected chi connectivity index (χ3v) is 4.21. The Morgan fingerprint density at radius 1 is 1.30 bits per heavy atom. The van der Waals surface area contributed by atoms with Crippen molar-refractivity contribution in [2.75, 3.05) is 19.7 Å². The molecule has 0 bridgehead atoms. The first-order valence-electron chi connectivity index (χ1n) is 7.43. The maximum atomic E-state index is 12.5. The van der Waals surface area contributed by atoms with Crippen LogP contribution in [0.2, 0.25) is 0 Å². The van der Waals surface area contributed by atoms with Crippen molar-refractivity contribution in [1.82, 2.24) is 14.9 Å². The summed E-state index contributed by atoms with van der Waals surface area (Å²) in [6.45, 7) is 3.80. The highest BCUT2D eigenvalue weighted by Gasteiger charge is 2.31. The molecule has 2 aliphatic rings. The van der Waals surface area contributed by atoms with Crippen molar-refractivity contribution in [1.29, 1.82) is 0 Å². The zero-order chi connectivity index (χ0) is 13.9. The molecule has 1 amide bonds. The van der Waals surface area contributed by atoms with Gasteiger partial charge in [-0.2, -0.15) is 0 Å². The Kier molecular flexibility index (Phi) is 3.96. The lowest BCUT2D eigenvalue weighted by atomic mass is 10.1. The molecular formula is C15H21N3O2. The Hall–Kier alpha value is -1.49. The Balaban J connectivity index is 1.66. The SMILES string of the molecule is Cc1cnc(C2CN(C(=O)C3CCCC3)CCO2)cn1. The lowest BCUT2D eigenvalue weighted by molar-refractivity contribution is -0.143. The molecule has 1 aliphatic carbocycles. The van der Waals surface area contributed by atoms with E-state index in [9.17, 15) is 4.79 Å². The minimum Gasteiger partial charge on any atom is -0.368 e. The fraction of sp³-hybridized carbons (Fsp3) is 0.667. The molecule has 20 heavy (non-hydrogen) atoms. The normalized spacial score (nSPS) is 24.1. The van der Waals surface area contributed by atoms with Crippen LogP contribution in [-0.2, 0) is 9.53 Å². The van der Waals surface area contributed by atoms with Crippen LogP contribution in [0.25, 0.3) is 0 Å². The molecular weight excluding hydrogens is 254 g/mol. The van der Waals surface area contributed by atoms with Crippen molar-refractivity contribution in [2.24, 2.45) is 5.92 Å². The van der Waals surface area contributed by atoms with Gasteiger partial charge in [0.05, 0.1) is 30.7 Å². The predicted octanol–water partition coefficient (Wildman–Crippen LogP) is 1.88. The van der Waals surface area contributed by atoms with Crippen LogP contribution in [0.1, 0.15) is 43.2 Å². The highest BCUT2D eigenvalue weighted by atomic mass is 16.5. The molecule has 2 heterocycles. The molecule has 3 rings (SSSR count). The van der Waals surface area contributed by atoms with Gasteiger partial charge in [-0.25, -0.2) is 0 Å². The van der Waals surface area contributed by atoms with E-state index in [-0.39, 0.29) is 12.0 Å². The van der Waals surface area contributed by atoms with Crippen LogP contribution in [0.4, 0.5) is 0 Å². The largest absolute Gasteiger partial charge is 0.368 e. The van der Waals surface area contributed by atoms with Crippen molar-refractivity contribution >= 4 is 5.91 Å². The number of rotatable bonds is 2. The number of amides is 1. The Morgan fingerprint density at radius 3 is 2.80 bits per heavy atom. The number of hydrogen-bond acceptors (Lipinski definition) is 4. The van der Waals surface area contributed by atoms with Gasteiger partial charge >= 0.3 is 0 Å². The number of hydrogen-bond donors (Lipinski definition) is 0. The summed E-state index contributed by atoms with van der Waals surface area (Å²) in [5.74, 6) is 0.536. The third-order valence-electron chi connectivity index (χ3n) is 4.21. The first-order valence-corrected chi connectivity index (χ1v) is 7.43. The van der Waals surface area contributed by atoms with Crippen molar-refractivity contribution in [3.63, 3.8) is 0 Å². The van der Waals surface area contributed by atoms with Gasteiger partial charge in [0, 0.05) is 18.7 Å². The first-order chi connectivity index (χ1) is 9.74. The van der Waals surface area contributed by atoms with Gasteiger partial charge in [-0.05, 0) is 19.8 Å². The van der Waals surface area contributed by atoms with Gasteiger partial charge in [0.2, 0.25) is 5.91 Å². The van der Waals surface area contributed by atoms with E-state index in [0.29, 0.717) is 25.6 Å². The number of morpholine rings is 1. The Morgan fingerprint density at radius 2 is 2.10 bits per heavy atom. The average molecular weight is 275 g/mol. The standard InChI is InChI=1S/C15H21N3O2/c1-11-8-17-13(9-16-11)14-10-18(6-7-20-14)15(19)12-4-2-3-5-12/h8-9,12,14H,2-7,10H2,1H3. The number of carbonyl (C=O) groups is 1. The number of aromatic nitrogens is 2. The summed E-state index contributed by atoms with van der Waals surface area (Å²) in [7, 11) is 0. The molecule has 0 radical (unpaired) electrons. The van der Waals surface area contributed by atoms with E-state index in [1.165, 1.54) is 12.8 Å². The van der Waals surface area contributed by atoms with Crippen LogP contribution in [-0.4, -0.2) is 40.5 Å². The van der Waals surface area contributed by atoms with Crippen LogP contribution in [0, 0.1) is 12.8 Å². The van der Waals surface area contributed by atoms with Crippen molar-refractivity contribution in [2.45, 2.75) is 38.7 Å². The van der Waals surface area contributed by atoms with Gasteiger partial charge in [-0.15, -0.1) is 0 Å². The summed E-state index contributed by atoms with van der Waals surface area (Å²) in [6.07, 6.45) is 7.83. The summed E-state index contributed by atoms with van der Waals surface area (Å²) in [6, 6.07) is 0. The van der Waals surface area contributed by atoms with Crippen molar-refractivity contribution < 1.29 is 9.53 Å². The number of nitrogens with zero attached hydrogens (tertiary/aromatic N) is 3. The smallest absolute Gasteiger partial charge is 0.225 e. The Bertz CT molecular complexity index is 469. The molecule has 0 aromatic carbocycles. The minimum atomic E-state index is -0.137. The number of ether oxygens (including phenoxy) is 1. The molecule has 1 saturated carbocycles. The molecule has 1 unspecified atom stereocenters. The van der Waals surface area contributed by atoms with E-state index < -0.39 is 0 Å². The second-order valence-electron chi connectivity index (χ2n) is 5.71. The van der Waals surface area contributed by atoms with E-state index in [0.717, 1.165) is 24.2 Å². The van der Waals surface area contributed by atoms with Crippen LogP contribution < -0.4 is 0 Å². The molecule has 0 N–H and O–H groups in total. The lowest BCUT2D eigenvalue weighted by Crippen LogP contribution is -2.44. The summed E-state index contributed by atoms with van der Waals surface area (Å²) < 4.78 is 5.75. The van der Waals surface area contributed by atoms with Crippen LogP contribution in [0.15, 0.2) is 12.4 Å². The van der Waals surface area contributed by atoms with Crippen LogP contribution >= 0.6 is 0 Å². The van der Waals surface area contributed by atoms with E-state index in [1.807, 2.05) is 11.8 Å². The van der Waals surface area contributed by atoms with E-state index >= 15 is 0 Å². The topological polar surface area (TPSA) is 55.3 Å². The van der Waals surface area contributed by atoms with Crippen LogP contribution in [0.3, 0.4) is 0 Å². The zero-order valence-electron chi connectivity index (χ0n) is 11.9. The summed E-state index contributed by atoms with van der Waals surface area (Å²) in [5.41, 5.74) is 1.71. The summed E-state index contributed by atoms with van der Waals surface area (Å²) in [4.78, 5) is 23.0. The maximum Gasteiger partial charge on any atom is 0.225 e. The minimum absolute atomic E-state index is 0.137. The lowest BCUT2D eigenvalue weighted by Gasteiger charge is -2.34. The summed E-state index contributed by atoms with van der Waals surface area (Å²) >= 11 is 0. The monoisotopic (exact) mass is 275 g/mol. The predicted molar refractivity (Wildman–Crippen MR) is 74.0 cm³/mol. The van der Waals surface area contributed by atoms with Gasteiger partial charge in [-0.3, -0.25) is 14.8 Å². The van der Waals surface area contributed by atoms with Crippen LogP contribution in [0.5, 0.6) is 0 Å². The molecule has 1 saturated heterocycles. The molecule has 108 valence electrons. The first kappa shape index (κ1) is 13.5. The molecule has 0 spiro atoms. The van der Waals surface area contributed by atoms with Gasteiger partial charge in [-0.1, -0.05) is 12.8 Å². The molecule has 5 nitrogen and oxygen atoms in total. The van der Waals surface area contributed by atoms with E-state index in [2.05, 4.69) is 9.97 Å². The molecule has 5 heteroatoms. The molecule has 1 atom stereocenters. The number of carbonyl (C=O) groups excluding carboxylic acids is 1. The average Bonchev–Trinajstić information content (AvgIpc) is 3.01.